The van der Waals surface area contributed by atoms with Crippen molar-refractivity contribution in [3.05, 3.63) is 35.2 Å². The largest absolute Gasteiger partial charge is 0.488 e. The molecule has 1 aliphatic heterocycles. The van der Waals surface area contributed by atoms with Gasteiger partial charge in [0.05, 0.1) is 19.1 Å². The van der Waals surface area contributed by atoms with Gasteiger partial charge in [-0.2, -0.15) is 0 Å². The zero-order valence-electron chi connectivity index (χ0n) is 20.7. The van der Waals surface area contributed by atoms with E-state index in [9.17, 15) is 14.7 Å². The first kappa shape index (κ1) is 25.5. The number of aromatic nitrogens is 1. The van der Waals surface area contributed by atoms with E-state index in [4.69, 9.17) is 9.26 Å². The van der Waals surface area contributed by atoms with E-state index in [1.807, 2.05) is 21.0 Å². The van der Waals surface area contributed by atoms with Crippen LogP contribution in [0.15, 0.2) is 22.7 Å². The third kappa shape index (κ3) is 6.06. The van der Waals surface area contributed by atoms with Crippen molar-refractivity contribution in [3.63, 3.8) is 0 Å². The Morgan fingerprint density at radius 1 is 1.32 bits per heavy atom. The number of carbonyl (C=O) groups is 2. The molecule has 0 unspecified atom stereocenters. The smallest absolute Gasteiger partial charge is 0.323 e. The first-order chi connectivity index (χ1) is 16.1. The Kier molecular flexibility index (Phi) is 8.16. The summed E-state index contributed by atoms with van der Waals surface area (Å²) in [6.45, 7) is 8.40. The maximum absolute atomic E-state index is 13.2. The predicted octanol–water partition coefficient (Wildman–Crippen LogP) is 2.65. The lowest BCUT2D eigenvalue weighted by molar-refractivity contribution is -0.134. The third-order valence-corrected chi connectivity index (χ3v) is 5.99. The number of aryl methyl sites for hydroxylation is 2. The Bertz CT molecular complexity index is 1000. The predicted molar refractivity (Wildman–Crippen MR) is 129 cm³/mol. The minimum atomic E-state index is -0.445. The molecule has 3 rings (SSSR count). The van der Waals surface area contributed by atoms with Crippen molar-refractivity contribution in [2.45, 2.75) is 46.3 Å². The van der Waals surface area contributed by atoms with Crippen molar-refractivity contribution in [2.75, 3.05) is 44.4 Å². The van der Waals surface area contributed by atoms with E-state index in [1.54, 1.807) is 36.9 Å². The fourth-order valence-electron chi connectivity index (χ4n) is 4.02. The molecule has 3 atom stereocenters. The Morgan fingerprint density at radius 2 is 2.06 bits per heavy atom. The maximum Gasteiger partial charge on any atom is 0.323 e. The molecule has 3 amide bonds. The van der Waals surface area contributed by atoms with E-state index in [0.717, 1.165) is 0 Å². The number of fused-ring (bicyclic) bond motifs is 1. The molecule has 1 aliphatic rings. The van der Waals surface area contributed by atoms with Gasteiger partial charge >= 0.3 is 6.03 Å². The van der Waals surface area contributed by atoms with E-state index >= 15 is 0 Å². The Hall–Kier alpha value is -3.11. The summed E-state index contributed by atoms with van der Waals surface area (Å²) in [6, 6.07) is 4.54. The number of hydrogen-bond acceptors (Lipinski definition) is 7. The molecule has 186 valence electrons. The Labute approximate surface area is 200 Å². The minimum Gasteiger partial charge on any atom is -0.488 e. The van der Waals surface area contributed by atoms with Crippen molar-refractivity contribution in [3.8, 4) is 5.75 Å². The summed E-state index contributed by atoms with van der Waals surface area (Å²) in [5, 5.41) is 19.1. The number of amides is 3. The molecule has 0 saturated heterocycles. The molecule has 0 saturated carbocycles. The summed E-state index contributed by atoms with van der Waals surface area (Å²) >= 11 is 0. The van der Waals surface area contributed by atoms with Gasteiger partial charge < -0.3 is 34.8 Å². The number of ether oxygens (including phenoxy) is 1. The van der Waals surface area contributed by atoms with Gasteiger partial charge in [0.15, 0.2) is 5.76 Å². The normalized spacial score (nSPS) is 19.5. The van der Waals surface area contributed by atoms with Crippen LogP contribution in [-0.4, -0.2) is 77.9 Å². The number of anilines is 2. The average molecular weight is 474 g/mol. The first-order valence-electron chi connectivity index (χ1n) is 11.4. The van der Waals surface area contributed by atoms with E-state index in [2.05, 4.69) is 27.6 Å². The second-order valence-electron chi connectivity index (χ2n) is 9.25. The van der Waals surface area contributed by atoms with Crippen LogP contribution in [0.3, 0.4) is 0 Å². The second kappa shape index (κ2) is 10.9. The first-order valence-corrected chi connectivity index (χ1v) is 11.4. The molecular formula is C24H35N5O5. The van der Waals surface area contributed by atoms with Crippen molar-refractivity contribution in [1.29, 1.82) is 0 Å². The lowest BCUT2D eigenvalue weighted by atomic mass is 10.0. The molecule has 0 radical (unpaired) electrons. The molecule has 1 aromatic heterocycles. The van der Waals surface area contributed by atoms with Crippen LogP contribution in [0.5, 0.6) is 5.75 Å². The van der Waals surface area contributed by atoms with Crippen LogP contribution in [0.2, 0.25) is 0 Å². The van der Waals surface area contributed by atoms with Gasteiger partial charge in [-0.25, -0.2) is 4.79 Å². The molecule has 2 heterocycles. The van der Waals surface area contributed by atoms with Gasteiger partial charge in [0.25, 0.3) is 0 Å². The van der Waals surface area contributed by atoms with Crippen LogP contribution in [0.4, 0.5) is 16.2 Å². The number of aliphatic hydroxyl groups excluding tert-OH is 1. The van der Waals surface area contributed by atoms with Gasteiger partial charge in [-0.05, 0) is 53.1 Å². The van der Waals surface area contributed by atoms with Crippen molar-refractivity contribution in [2.24, 2.45) is 5.92 Å². The lowest BCUT2D eigenvalue weighted by Crippen LogP contribution is -2.47. The van der Waals surface area contributed by atoms with Crippen LogP contribution in [0, 0.1) is 19.8 Å². The number of hydrogen-bond donors (Lipinski definition) is 3. The Balaban J connectivity index is 1.87. The zero-order valence-corrected chi connectivity index (χ0v) is 20.7. The number of aliphatic hydroxyl groups is 1. The number of likely N-dealkylation sites (N-methyl/N-ethyl adjacent to an activating group) is 1. The summed E-state index contributed by atoms with van der Waals surface area (Å²) < 4.78 is 11.5. The second-order valence-corrected chi connectivity index (χ2v) is 9.25. The van der Waals surface area contributed by atoms with Crippen LogP contribution < -0.4 is 15.4 Å². The minimum absolute atomic E-state index is 0.0462. The number of nitrogens with one attached hydrogen (secondary N) is 2. The van der Waals surface area contributed by atoms with E-state index in [0.29, 0.717) is 47.2 Å². The van der Waals surface area contributed by atoms with Gasteiger partial charge in [0, 0.05) is 30.3 Å². The maximum atomic E-state index is 13.2. The van der Waals surface area contributed by atoms with Crippen molar-refractivity contribution < 1.29 is 24.0 Å². The van der Waals surface area contributed by atoms with Gasteiger partial charge in [-0.15, -0.1) is 0 Å². The van der Waals surface area contributed by atoms with Gasteiger partial charge in [0.2, 0.25) is 5.91 Å². The molecule has 2 aromatic rings. The molecule has 0 aliphatic carbocycles. The van der Waals surface area contributed by atoms with Crippen molar-refractivity contribution in [1.82, 2.24) is 15.0 Å². The topological polar surface area (TPSA) is 120 Å². The third-order valence-electron chi connectivity index (χ3n) is 5.99. The molecule has 10 heteroatoms. The number of nitrogens with zero attached hydrogens (tertiary/aromatic N) is 3. The van der Waals surface area contributed by atoms with Gasteiger partial charge in [-0.1, -0.05) is 12.1 Å². The Morgan fingerprint density at radius 3 is 2.68 bits per heavy atom. The molecule has 0 spiro atoms. The summed E-state index contributed by atoms with van der Waals surface area (Å²) in [5.74, 6) is 1.08. The van der Waals surface area contributed by atoms with E-state index in [1.165, 1.54) is 0 Å². The van der Waals surface area contributed by atoms with E-state index in [-0.39, 0.29) is 37.0 Å². The van der Waals surface area contributed by atoms with E-state index < -0.39 is 6.03 Å². The molecular weight excluding hydrogens is 438 g/mol. The van der Waals surface area contributed by atoms with Crippen LogP contribution >= 0.6 is 0 Å². The van der Waals surface area contributed by atoms with Crippen molar-refractivity contribution >= 4 is 23.3 Å². The SMILES string of the molecule is Cc1noc(C)c1NC(=O)Nc1ccc2c(c1)CC(=O)N([C@@H](C)CO)C[C@H](C)[C@@H](CN(C)C)O2. The van der Waals surface area contributed by atoms with Gasteiger partial charge in [-0.3, -0.25) is 4.79 Å². The highest BCUT2D eigenvalue weighted by atomic mass is 16.5. The molecule has 3 N–H and O–H groups in total. The molecule has 10 nitrogen and oxygen atoms in total. The van der Waals surface area contributed by atoms with Gasteiger partial charge in [0.1, 0.15) is 23.2 Å². The highest BCUT2D eigenvalue weighted by Gasteiger charge is 2.30. The van der Waals surface area contributed by atoms with Crippen LogP contribution in [0.1, 0.15) is 30.9 Å². The zero-order chi connectivity index (χ0) is 25.0. The molecule has 0 bridgehead atoms. The highest BCUT2D eigenvalue weighted by molar-refractivity contribution is 6.00. The molecule has 0 fully saturated rings. The number of carbonyl (C=O) groups excluding carboxylic acids is 2. The summed E-state index contributed by atoms with van der Waals surface area (Å²) in [5.41, 5.74) is 2.30. The van der Waals surface area contributed by atoms with Crippen LogP contribution in [-0.2, 0) is 11.2 Å². The summed E-state index contributed by atoms with van der Waals surface area (Å²) in [7, 11) is 3.96. The number of rotatable bonds is 6. The number of benzene rings is 1. The average Bonchev–Trinajstić information content (AvgIpc) is 3.10. The fraction of sp³-hybridized carbons (Fsp3) is 0.542. The standard InChI is InChI=1S/C24H35N5O5/c1-14-11-29(15(2)13-30)22(31)10-18-9-19(7-8-20(18)33-21(14)12-28(5)6)25-24(32)26-23-16(3)27-34-17(23)4/h7-9,14-15,21,30H,10-13H2,1-6H3,(H2,25,26,32)/t14-,15-,21+/m0/s1. The quantitative estimate of drug-likeness (QED) is 0.590. The molecule has 1 aromatic carbocycles. The highest BCUT2D eigenvalue weighted by Crippen LogP contribution is 2.29. The molecule has 34 heavy (non-hydrogen) atoms. The van der Waals surface area contributed by atoms with Crippen LogP contribution in [0.25, 0.3) is 0 Å². The summed E-state index contributed by atoms with van der Waals surface area (Å²) in [6.07, 6.45) is -0.0584. The number of urea groups is 1. The summed E-state index contributed by atoms with van der Waals surface area (Å²) in [4.78, 5) is 29.5. The monoisotopic (exact) mass is 473 g/mol. The lowest BCUT2D eigenvalue weighted by Gasteiger charge is -2.33. The fourth-order valence-corrected chi connectivity index (χ4v) is 4.02.